The van der Waals surface area contributed by atoms with Crippen molar-refractivity contribution in [2.75, 3.05) is 6.54 Å². The first-order valence-electron chi connectivity index (χ1n) is 5.78. The normalized spacial score (nSPS) is 17.1. The van der Waals surface area contributed by atoms with E-state index in [9.17, 15) is 0 Å². The summed E-state index contributed by atoms with van der Waals surface area (Å²) >= 11 is 0. The first-order valence-corrected chi connectivity index (χ1v) is 5.78. The van der Waals surface area contributed by atoms with Gasteiger partial charge in [0.2, 0.25) is 0 Å². The molecule has 1 fully saturated rings. The van der Waals surface area contributed by atoms with Crippen molar-refractivity contribution in [1.82, 2.24) is 5.32 Å². The van der Waals surface area contributed by atoms with Crippen molar-refractivity contribution in [3.63, 3.8) is 0 Å². The van der Waals surface area contributed by atoms with Gasteiger partial charge in [0.1, 0.15) is 0 Å². The molecule has 1 saturated carbocycles. The van der Waals surface area contributed by atoms with Crippen LogP contribution in [0.3, 0.4) is 0 Å². The molecule has 0 bridgehead atoms. The minimum atomic E-state index is 0.246. The average molecular weight is 201 g/mol. The Balaban J connectivity index is 2.11. The van der Waals surface area contributed by atoms with E-state index < -0.39 is 0 Å². The summed E-state index contributed by atoms with van der Waals surface area (Å²) in [7, 11) is 0. The van der Waals surface area contributed by atoms with Crippen molar-refractivity contribution >= 4 is 0 Å². The van der Waals surface area contributed by atoms with Crippen LogP contribution in [0.5, 0.6) is 0 Å². The Morgan fingerprint density at radius 1 is 1.33 bits per heavy atom. The summed E-state index contributed by atoms with van der Waals surface area (Å²) in [6.45, 7) is 7.41. The van der Waals surface area contributed by atoms with E-state index in [1.165, 1.54) is 24.1 Å². The van der Waals surface area contributed by atoms with Crippen LogP contribution < -0.4 is 5.32 Å². The maximum Gasteiger partial charge on any atom is 0.0345 e. The zero-order valence-electron chi connectivity index (χ0n) is 9.42. The van der Waals surface area contributed by atoms with Gasteiger partial charge in [0.25, 0.3) is 0 Å². The molecule has 1 aromatic rings. The lowest BCUT2D eigenvalue weighted by Gasteiger charge is -2.20. The SMILES string of the molecule is C=C(NCCC)C1(c2ccccc2)CC1. The quantitative estimate of drug-likeness (QED) is 0.771. The number of hydrogen-bond acceptors (Lipinski definition) is 1. The molecule has 0 radical (unpaired) electrons. The van der Waals surface area contributed by atoms with Gasteiger partial charge in [-0.1, -0.05) is 43.8 Å². The van der Waals surface area contributed by atoms with E-state index in [1.54, 1.807) is 0 Å². The molecule has 1 aliphatic rings. The Hall–Kier alpha value is -1.24. The molecule has 1 nitrogen and oxygen atoms in total. The maximum absolute atomic E-state index is 4.19. The monoisotopic (exact) mass is 201 g/mol. The maximum atomic E-state index is 4.19. The Morgan fingerprint density at radius 3 is 2.53 bits per heavy atom. The molecule has 1 N–H and O–H groups in total. The first-order chi connectivity index (χ1) is 7.29. The van der Waals surface area contributed by atoms with Crippen molar-refractivity contribution in [2.45, 2.75) is 31.6 Å². The third-order valence-electron chi connectivity index (χ3n) is 3.24. The van der Waals surface area contributed by atoms with E-state index in [-0.39, 0.29) is 5.41 Å². The summed E-state index contributed by atoms with van der Waals surface area (Å²) in [6.07, 6.45) is 3.64. The lowest BCUT2D eigenvalue weighted by atomic mass is 9.93. The number of nitrogens with one attached hydrogen (secondary N) is 1. The second kappa shape index (κ2) is 4.09. The first kappa shape index (κ1) is 10.3. The van der Waals surface area contributed by atoms with E-state index >= 15 is 0 Å². The van der Waals surface area contributed by atoms with Gasteiger partial charge in [0.05, 0.1) is 0 Å². The van der Waals surface area contributed by atoms with Crippen LogP contribution in [-0.2, 0) is 5.41 Å². The zero-order valence-corrected chi connectivity index (χ0v) is 9.42. The molecule has 2 rings (SSSR count). The van der Waals surface area contributed by atoms with Gasteiger partial charge in [0, 0.05) is 17.7 Å². The third kappa shape index (κ3) is 1.92. The van der Waals surface area contributed by atoms with E-state index in [0.717, 1.165) is 13.0 Å². The molecule has 1 aliphatic carbocycles. The Labute approximate surface area is 92.2 Å². The van der Waals surface area contributed by atoms with E-state index in [0.29, 0.717) is 0 Å². The summed E-state index contributed by atoms with van der Waals surface area (Å²) in [5, 5.41) is 3.44. The fourth-order valence-electron chi connectivity index (χ4n) is 2.09. The lowest BCUT2D eigenvalue weighted by Crippen LogP contribution is -2.24. The highest BCUT2D eigenvalue weighted by atomic mass is 14.9. The molecular weight excluding hydrogens is 182 g/mol. The highest BCUT2D eigenvalue weighted by molar-refractivity contribution is 5.40. The highest BCUT2D eigenvalue weighted by Gasteiger charge is 2.46. The van der Waals surface area contributed by atoms with Crippen LogP contribution in [0.1, 0.15) is 31.7 Å². The standard InChI is InChI=1S/C14H19N/c1-3-11-15-12(2)14(9-10-14)13-7-5-4-6-8-13/h4-8,15H,2-3,9-11H2,1H3. The minimum absolute atomic E-state index is 0.246. The molecule has 80 valence electrons. The zero-order chi connectivity index (χ0) is 10.7. The number of benzene rings is 1. The highest BCUT2D eigenvalue weighted by Crippen LogP contribution is 2.52. The molecule has 15 heavy (non-hydrogen) atoms. The predicted molar refractivity (Wildman–Crippen MR) is 64.8 cm³/mol. The van der Waals surface area contributed by atoms with Crippen LogP contribution in [0.4, 0.5) is 0 Å². The van der Waals surface area contributed by atoms with Crippen molar-refractivity contribution in [3.8, 4) is 0 Å². The fourth-order valence-corrected chi connectivity index (χ4v) is 2.09. The van der Waals surface area contributed by atoms with Crippen LogP contribution in [-0.4, -0.2) is 6.54 Å². The van der Waals surface area contributed by atoms with E-state index in [1.807, 2.05) is 0 Å². The summed E-state index contributed by atoms with van der Waals surface area (Å²) in [5.41, 5.74) is 2.87. The van der Waals surface area contributed by atoms with Crippen LogP contribution >= 0.6 is 0 Å². The van der Waals surface area contributed by atoms with Gasteiger partial charge in [-0.3, -0.25) is 0 Å². The van der Waals surface area contributed by atoms with Crippen LogP contribution in [0.25, 0.3) is 0 Å². The van der Waals surface area contributed by atoms with Crippen LogP contribution in [0.15, 0.2) is 42.6 Å². The molecule has 0 heterocycles. The molecule has 1 heteroatoms. The average Bonchev–Trinajstić information content (AvgIpc) is 3.08. The lowest BCUT2D eigenvalue weighted by molar-refractivity contribution is 0.671. The Bertz CT molecular complexity index is 336. The van der Waals surface area contributed by atoms with Gasteiger partial charge >= 0.3 is 0 Å². The molecule has 0 unspecified atom stereocenters. The van der Waals surface area contributed by atoms with Crippen LogP contribution in [0, 0.1) is 0 Å². The molecule has 0 spiro atoms. The molecule has 0 aliphatic heterocycles. The minimum Gasteiger partial charge on any atom is -0.388 e. The van der Waals surface area contributed by atoms with Crippen molar-refractivity contribution in [3.05, 3.63) is 48.2 Å². The molecule has 0 saturated heterocycles. The second-order valence-electron chi connectivity index (χ2n) is 4.35. The van der Waals surface area contributed by atoms with Crippen molar-refractivity contribution < 1.29 is 0 Å². The van der Waals surface area contributed by atoms with E-state index in [4.69, 9.17) is 0 Å². The van der Waals surface area contributed by atoms with Gasteiger partial charge in [-0.15, -0.1) is 0 Å². The molecule has 1 aromatic carbocycles. The van der Waals surface area contributed by atoms with Crippen molar-refractivity contribution in [1.29, 1.82) is 0 Å². The predicted octanol–water partition coefficient (Wildman–Crippen LogP) is 3.23. The van der Waals surface area contributed by atoms with Crippen molar-refractivity contribution in [2.24, 2.45) is 0 Å². The largest absolute Gasteiger partial charge is 0.388 e. The number of allylic oxidation sites excluding steroid dienone is 1. The third-order valence-corrected chi connectivity index (χ3v) is 3.24. The summed E-state index contributed by atoms with van der Waals surface area (Å²) in [5.74, 6) is 0. The summed E-state index contributed by atoms with van der Waals surface area (Å²) < 4.78 is 0. The molecule has 0 aromatic heterocycles. The Kier molecular flexibility index (Phi) is 2.81. The summed E-state index contributed by atoms with van der Waals surface area (Å²) in [4.78, 5) is 0. The van der Waals surface area contributed by atoms with Gasteiger partial charge in [0.15, 0.2) is 0 Å². The van der Waals surface area contributed by atoms with E-state index in [2.05, 4.69) is 49.2 Å². The Morgan fingerprint density at radius 2 is 2.00 bits per heavy atom. The molecular formula is C14H19N. The topological polar surface area (TPSA) is 12.0 Å². The van der Waals surface area contributed by atoms with Gasteiger partial charge in [-0.2, -0.15) is 0 Å². The molecule has 0 amide bonds. The number of rotatable bonds is 5. The number of hydrogen-bond donors (Lipinski definition) is 1. The smallest absolute Gasteiger partial charge is 0.0345 e. The van der Waals surface area contributed by atoms with Gasteiger partial charge in [-0.25, -0.2) is 0 Å². The fraction of sp³-hybridized carbons (Fsp3) is 0.429. The van der Waals surface area contributed by atoms with Crippen LogP contribution in [0.2, 0.25) is 0 Å². The summed E-state index contributed by atoms with van der Waals surface area (Å²) in [6, 6.07) is 10.7. The second-order valence-corrected chi connectivity index (χ2v) is 4.35. The van der Waals surface area contributed by atoms with Gasteiger partial charge < -0.3 is 5.32 Å². The molecule has 0 atom stereocenters. The van der Waals surface area contributed by atoms with Gasteiger partial charge in [-0.05, 0) is 24.8 Å².